The molecule has 0 aliphatic heterocycles. The first kappa shape index (κ1) is 13.3. The molecule has 100 valence electrons. The molecule has 0 aliphatic rings. The van der Waals surface area contributed by atoms with E-state index in [4.69, 9.17) is 4.74 Å². The Kier molecular flexibility index (Phi) is 4.34. The molecule has 0 aliphatic carbocycles. The normalized spacial score (nSPS) is 10.3. The molecule has 2 rings (SSSR count). The lowest BCUT2D eigenvalue weighted by Crippen LogP contribution is -2.02. The quantitative estimate of drug-likeness (QED) is 0.892. The zero-order valence-corrected chi connectivity index (χ0v) is 11.1. The molecule has 0 saturated heterocycles. The molecule has 19 heavy (non-hydrogen) atoms. The minimum absolute atomic E-state index is 0.296. The number of halogens is 1. The minimum Gasteiger partial charge on any atom is -0.487 e. The fourth-order valence-electron chi connectivity index (χ4n) is 1.75. The Morgan fingerprint density at radius 3 is 2.89 bits per heavy atom. The maximum absolute atomic E-state index is 13.1. The predicted molar refractivity (Wildman–Crippen MR) is 73.9 cm³/mol. The molecule has 0 spiro atoms. The van der Waals surface area contributed by atoms with Gasteiger partial charge in [0.05, 0.1) is 5.69 Å². The average Bonchev–Trinajstić information content (AvgIpc) is 2.41. The van der Waals surface area contributed by atoms with Crippen molar-refractivity contribution in [2.45, 2.75) is 20.5 Å². The number of aryl methyl sites for hydroxylation is 1. The van der Waals surface area contributed by atoms with Crippen LogP contribution < -0.4 is 10.1 Å². The number of nitrogens with zero attached hydrogens (tertiary/aromatic N) is 1. The first-order valence-corrected chi connectivity index (χ1v) is 6.27. The minimum atomic E-state index is -0.296. The highest BCUT2D eigenvalue weighted by molar-refractivity contribution is 5.43. The molecule has 4 heteroatoms. The van der Waals surface area contributed by atoms with E-state index in [1.807, 2.05) is 26.0 Å². The summed E-state index contributed by atoms with van der Waals surface area (Å²) in [5, 5.41) is 3.21. The number of hydrogen-bond acceptors (Lipinski definition) is 3. The van der Waals surface area contributed by atoms with Gasteiger partial charge in [0, 0.05) is 24.5 Å². The first-order valence-electron chi connectivity index (χ1n) is 6.27. The van der Waals surface area contributed by atoms with E-state index >= 15 is 0 Å². The second-order valence-electron chi connectivity index (χ2n) is 4.26. The van der Waals surface area contributed by atoms with E-state index < -0.39 is 0 Å². The Hall–Kier alpha value is -2.10. The highest BCUT2D eigenvalue weighted by atomic mass is 19.1. The maximum atomic E-state index is 13.1. The molecule has 0 bridgehead atoms. The molecule has 0 amide bonds. The second-order valence-corrected chi connectivity index (χ2v) is 4.26. The van der Waals surface area contributed by atoms with E-state index in [0.717, 1.165) is 23.5 Å². The highest BCUT2D eigenvalue weighted by Crippen LogP contribution is 2.20. The lowest BCUT2D eigenvalue weighted by molar-refractivity contribution is 0.298. The van der Waals surface area contributed by atoms with Gasteiger partial charge in [-0.05, 0) is 37.6 Å². The van der Waals surface area contributed by atoms with E-state index in [-0.39, 0.29) is 5.82 Å². The standard InChI is InChI=1S/C15H17FN2O/c1-3-17-13-6-7-18-14(9-13)10-19-15-8-12(16)5-4-11(15)2/h4-9H,3,10H2,1-2H3,(H,17,18). The van der Waals surface area contributed by atoms with Crippen LogP contribution in [0.15, 0.2) is 36.5 Å². The summed E-state index contributed by atoms with van der Waals surface area (Å²) in [6.07, 6.45) is 1.73. The molecule has 2 aromatic rings. The lowest BCUT2D eigenvalue weighted by atomic mass is 10.2. The summed E-state index contributed by atoms with van der Waals surface area (Å²) in [6.45, 7) is 5.10. The van der Waals surface area contributed by atoms with Crippen LogP contribution in [0.2, 0.25) is 0 Å². The van der Waals surface area contributed by atoms with Crippen molar-refractivity contribution in [3.8, 4) is 5.75 Å². The van der Waals surface area contributed by atoms with Crippen LogP contribution in [0.5, 0.6) is 5.75 Å². The number of benzene rings is 1. The van der Waals surface area contributed by atoms with Crippen molar-refractivity contribution in [3.63, 3.8) is 0 Å². The van der Waals surface area contributed by atoms with Crippen LogP contribution >= 0.6 is 0 Å². The molecule has 0 fully saturated rings. The van der Waals surface area contributed by atoms with Gasteiger partial charge in [0.25, 0.3) is 0 Å². The van der Waals surface area contributed by atoms with E-state index in [2.05, 4.69) is 10.3 Å². The van der Waals surface area contributed by atoms with Crippen LogP contribution in [0.4, 0.5) is 10.1 Å². The third-order valence-corrected chi connectivity index (χ3v) is 2.72. The number of ether oxygens (including phenoxy) is 1. The number of hydrogen-bond donors (Lipinski definition) is 1. The Balaban J connectivity index is 2.05. The molecule has 1 aromatic carbocycles. The van der Waals surface area contributed by atoms with Gasteiger partial charge in [-0.25, -0.2) is 4.39 Å². The topological polar surface area (TPSA) is 34.2 Å². The van der Waals surface area contributed by atoms with Crippen LogP contribution in [-0.2, 0) is 6.61 Å². The SMILES string of the molecule is CCNc1ccnc(COc2cc(F)ccc2C)c1. The molecule has 1 heterocycles. The van der Waals surface area contributed by atoms with Crippen molar-refractivity contribution < 1.29 is 9.13 Å². The van der Waals surface area contributed by atoms with Gasteiger partial charge in [0.2, 0.25) is 0 Å². The monoisotopic (exact) mass is 260 g/mol. The number of pyridine rings is 1. The van der Waals surface area contributed by atoms with Gasteiger partial charge in [0.15, 0.2) is 0 Å². The molecule has 0 unspecified atom stereocenters. The van der Waals surface area contributed by atoms with Crippen LogP contribution in [0.3, 0.4) is 0 Å². The van der Waals surface area contributed by atoms with Crippen LogP contribution in [0, 0.1) is 12.7 Å². The van der Waals surface area contributed by atoms with E-state index in [0.29, 0.717) is 12.4 Å². The van der Waals surface area contributed by atoms with Crippen LogP contribution in [-0.4, -0.2) is 11.5 Å². The molecule has 1 aromatic heterocycles. The van der Waals surface area contributed by atoms with Crippen molar-refractivity contribution in [1.29, 1.82) is 0 Å². The Bertz CT molecular complexity index is 558. The summed E-state index contributed by atoms with van der Waals surface area (Å²) >= 11 is 0. The number of rotatable bonds is 5. The number of aromatic nitrogens is 1. The van der Waals surface area contributed by atoms with Crippen molar-refractivity contribution in [1.82, 2.24) is 4.98 Å². The molecule has 1 N–H and O–H groups in total. The average molecular weight is 260 g/mol. The smallest absolute Gasteiger partial charge is 0.130 e. The summed E-state index contributed by atoms with van der Waals surface area (Å²) < 4.78 is 18.7. The Labute approximate surface area is 112 Å². The van der Waals surface area contributed by atoms with Crippen molar-refractivity contribution >= 4 is 5.69 Å². The van der Waals surface area contributed by atoms with Crippen molar-refractivity contribution in [2.75, 3.05) is 11.9 Å². The zero-order valence-electron chi connectivity index (χ0n) is 11.1. The number of nitrogens with one attached hydrogen (secondary N) is 1. The summed E-state index contributed by atoms with van der Waals surface area (Å²) in [7, 11) is 0. The first-order chi connectivity index (χ1) is 9.19. The van der Waals surface area contributed by atoms with Crippen molar-refractivity contribution in [3.05, 3.63) is 53.6 Å². The lowest BCUT2D eigenvalue weighted by Gasteiger charge is -2.10. The number of anilines is 1. The summed E-state index contributed by atoms with van der Waals surface area (Å²) in [6, 6.07) is 8.35. The predicted octanol–water partition coefficient (Wildman–Crippen LogP) is 3.54. The zero-order chi connectivity index (χ0) is 13.7. The maximum Gasteiger partial charge on any atom is 0.130 e. The van der Waals surface area contributed by atoms with Gasteiger partial charge in [-0.1, -0.05) is 6.07 Å². The highest BCUT2D eigenvalue weighted by Gasteiger charge is 2.03. The van der Waals surface area contributed by atoms with Crippen LogP contribution in [0.1, 0.15) is 18.2 Å². The van der Waals surface area contributed by atoms with Crippen molar-refractivity contribution in [2.24, 2.45) is 0 Å². The van der Waals surface area contributed by atoms with Crippen LogP contribution in [0.25, 0.3) is 0 Å². The molecular formula is C15H17FN2O. The largest absolute Gasteiger partial charge is 0.487 e. The summed E-state index contributed by atoms with van der Waals surface area (Å²) in [5.74, 6) is 0.255. The third-order valence-electron chi connectivity index (χ3n) is 2.72. The van der Waals surface area contributed by atoms with Gasteiger partial charge >= 0.3 is 0 Å². The van der Waals surface area contributed by atoms with Gasteiger partial charge < -0.3 is 10.1 Å². The third kappa shape index (κ3) is 3.68. The van der Waals surface area contributed by atoms with E-state index in [1.54, 1.807) is 12.3 Å². The Morgan fingerprint density at radius 2 is 2.11 bits per heavy atom. The molecule has 0 radical (unpaired) electrons. The fraction of sp³-hybridized carbons (Fsp3) is 0.267. The molecule has 3 nitrogen and oxygen atoms in total. The fourth-order valence-corrected chi connectivity index (χ4v) is 1.75. The second kappa shape index (κ2) is 6.18. The molecular weight excluding hydrogens is 243 g/mol. The van der Waals surface area contributed by atoms with Gasteiger partial charge in [0.1, 0.15) is 18.2 Å². The summed E-state index contributed by atoms with van der Waals surface area (Å²) in [5.41, 5.74) is 2.72. The van der Waals surface area contributed by atoms with E-state index in [1.165, 1.54) is 12.1 Å². The van der Waals surface area contributed by atoms with E-state index in [9.17, 15) is 4.39 Å². The van der Waals surface area contributed by atoms with Gasteiger partial charge in [-0.15, -0.1) is 0 Å². The van der Waals surface area contributed by atoms with Gasteiger partial charge in [-0.2, -0.15) is 0 Å². The molecule has 0 atom stereocenters. The van der Waals surface area contributed by atoms with Gasteiger partial charge in [-0.3, -0.25) is 4.98 Å². The summed E-state index contributed by atoms with van der Waals surface area (Å²) in [4.78, 5) is 4.23. The Morgan fingerprint density at radius 1 is 1.26 bits per heavy atom. The molecule has 0 saturated carbocycles.